The molecule has 49 heavy (non-hydrogen) atoms. The van der Waals surface area contributed by atoms with Gasteiger partial charge in [-0.15, -0.1) is 11.8 Å². The second-order valence-electron chi connectivity index (χ2n) is 12.7. The fraction of sp³-hybridized carbons (Fsp3) is 0.306. The van der Waals surface area contributed by atoms with Crippen molar-refractivity contribution in [3.05, 3.63) is 103 Å². The van der Waals surface area contributed by atoms with Crippen LogP contribution in [0, 0.1) is 29.6 Å². The van der Waals surface area contributed by atoms with E-state index in [0.717, 1.165) is 21.9 Å². The van der Waals surface area contributed by atoms with Gasteiger partial charge in [-0.25, -0.2) is 4.79 Å². The summed E-state index contributed by atoms with van der Waals surface area (Å²) in [7, 11) is 0. The molecular weight excluding hydrogens is 686 g/mol. The number of halogens is 1. The van der Waals surface area contributed by atoms with Crippen molar-refractivity contribution in [3.63, 3.8) is 0 Å². The first-order valence-electron chi connectivity index (χ1n) is 16.0. The van der Waals surface area contributed by atoms with Crippen LogP contribution in [0.15, 0.2) is 82.6 Å². The van der Waals surface area contributed by atoms with Crippen molar-refractivity contribution >= 4 is 69.8 Å². The zero-order valence-electron chi connectivity index (χ0n) is 26.1. The summed E-state index contributed by atoms with van der Waals surface area (Å²) >= 11 is 8.75. The van der Waals surface area contributed by atoms with Crippen LogP contribution in [0.2, 0.25) is 5.02 Å². The molecule has 10 nitrogen and oxygen atoms in total. The van der Waals surface area contributed by atoms with Crippen molar-refractivity contribution in [2.24, 2.45) is 29.6 Å². The number of aromatic nitrogens is 1. The number of rotatable bonds is 8. The molecule has 2 N–H and O–H groups in total. The summed E-state index contributed by atoms with van der Waals surface area (Å²) in [6.07, 6.45) is 0.768. The van der Waals surface area contributed by atoms with Gasteiger partial charge in [0, 0.05) is 26.8 Å². The Morgan fingerprint density at radius 2 is 1.63 bits per heavy atom. The Morgan fingerprint density at radius 3 is 2.33 bits per heavy atom. The molecule has 2 bridgehead atoms. The van der Waals surface area contributed by atoms with Gasteiger partial charge in [0.15, 0.2) is 6.61 Å². The molecule has 3 heterocycles. The van der Waals surface area contributed by atoms with Crippen LogP contribution in [0.25, 0.3) is 0 Å². The van der Waals surface area contributed by atoms with Gasteiger partial charge in [-0.2, -0.15) is 0 Å². The molecule has 2 aliphatic heterocycles. The number of fused-ring (bicyclic) bond motifs is 9. The number of esters is 1. The molecule has 6 unspecified atom stereocenters. The third kappa shape index (κ3) is 5.46. The number of aromatic amines is 1. The number of benzene rings is 3. The van der Waals surface area contributed by atoms with Gasteiger partial charge in [-0.1, -0.05) is 35.1 Å². The maximum Gasteiger partial charge on any atom is 0.338 e. The second-order valence-corrected chi connectivity index (χ2v) is 15.3. The van der Waals surface area contributed by atoms with Gasteiger partial charge >= 0.3 is 10.8 Å². The van der Waals surface area contributed by atoms with E-state index in [9.17, 15) is 24.0 Å². The molecule has 4 aromatic rings. The maximum absolute atomic E-state index is 14.1. The SMILES string of the molecule is CCOC(=O)c1ccc(N2C(=O)C3C4CC(C3C2=O)C2C4Sc3[nH]c(=O)sc3[C@@H]2c2ccc(OCC(=O)Nc3ccc(Cl)cc3)cc2)cc1. The summed E-state index contributed by atoms with van der Waals surface area (Å²) < 4.78 is 10.9. The summed E-state index contributed by atoms with van der Waals surface area (Å²) in [4.78, 5) is 70.4. The second kappa shape index (κ2) is 12.5. The topological polar surface area (TPSA) is 135 Å². The number of hydrogen-bond acceptors (Lipinski definition) is 9. The van der Waals surface area contributed by atoms with E-state index in [-0.39, 0.29) is 64.7 Å². The van der Waals surface area contributed by atoms with Gasteiger partial charge < -0.3 is 19.8 Å². The van der Waals surface area contributed by atoms with E-state index in [1.807, 2.05) is 24.3 Å². The predicted octanol–water partition coefficient (Wildman–Crippen LogP) is 5.96. The van der Waals surface area contributed by atoms with Gasteiger partial charge in [-0.05, 0) is 97.3 Å². The quantitative estimate of drug-likeness (QED) is 0.169. The molecule has 1 aromatic heterocycles. The van der Waals surface area contributed by atoms with Crippen LogP contribution in [0.3, 0.4) is 0 Å². The van der Waals surface area contributed by atoms with Crippen LogP contribution >= 0.6 is 34.7 Å². The number of thiazole rings is 1. The molecule has 3 amide bonds. The van der Waals surface area contributed by atoms with E-state index in [1.54, 1.807) is 67.2 Å². The molecule has 7 atom stereocenters. The Kier molecular flexibility index (Phi) is 8.12. The highest BCUT2D eigenvalue weighted by Crippen LogP contribution is 2.68. The number of carbonyl (C=O) groups is 4. The average Bonchev–Trinajstić information content (AvgIpc) is 3.84. The maximum atomic E-state index is 14.1. The van der Waals surface area contributed by atoms with E-state index in [4.69, 9.17) is 21.1 Å². The number of thioether (sulfide) groups is 1. The van der Waals surface area contributed by atoms with Crippen molar-refractivity contribution in [3.8, 4) is 5.75 Å². The number of H-pyrrole nitrogens is 1. The van der Waals surface area contributed by atoms with Crippen LogP contribution < -0.4 is 19.8 Å². The van der Waals surface area contributed by atoms with Crippen LogP contribution in [-0.2, 0) is 19.1 Å². The molecule has 2 aliphatic carbocycles. The first kappa shape index (κ1) is 31.9. The summed E-state index contributed by atoms with van der Waals surface area (Å²) in [6, 6.07) is 20.8. The molecular formula is C36H30ClN3O7S2. The average molecular weight is 716 g/mol. The first-order chi connectivity index (χ1) is 23.7. The number of nitrogens with one attached hydrogen (secondary N) is 2. The minimum absolute atomic E-state index is 0.0222. The largest absolute Gasteiger partial charge is 0.484 e. The molecule has 0 spiro atoms. The van der Waals surface area contributed by atoms with Gasteiger partial charge in [0.05, 0.1) is 34.7 Å². The minimum Gasteiger partial charge on any atom is -0.484 e. The Morgan fingerprint density at radius 1 is 0.939 bits per heavy atom. The zero-order chi connectivity index (χ0) is 34.0. The first-order valence-corrected chi connectivity index (χ1v) is 18.1. The smallest absolute Gasteiger partial charge is 0.338 e. The van der Waals surface area contributed by atoms with Crippen molar-refractivity contribution in [2.45, 2.75) is 29.5 Å². The van der Waals surface area contributed by atoms with Crippen molar-refractivity contribution in [1.82, 2.24) is 4.98 Å². The van der Waals surface area contributed by atoms with Crippen molar-refractivity contribution < 1.29 is 28.7 Å². The normalized spacial score (nSPS) is 26.2. The lowest BCUT2D eigenvalue weighted by Gasteiger charge is -2.43. The third-order valence-electron chi connectivity index (χ3n) is 10.1. The predicted molar refractivity (Wildman–Crippen MR) is 185 cm³/mol. The monoisotopic (exact) mass is 715 g/mol. The fourth-order valence-electron chi connectivity index (χ4n) is 8.26. The van der Waals surface area contributed by atoms with Gasteiger partial charge in [0.2, 0.25) is 11.8 Å². The fourth-order valence-corrected chi connectivity index (χ4v) is 11.3. The number of ether oxygens (including phenoxy) is 2. The summed E-state index contributed by atoms with van der Waals surface area (Å²) in [6.45, 7) is 1.80. The number of amides is 3. The Balaban J connectivity index is 1.03. The molecule has 0 radical (unpaired) electrons. The summed E-state index contributed by atoms with van der Waals surface area (Å²) in [5.41, 5.74) is 2.40. The molecule has 3 fully saturated rings. The number of hydrogen-bond donors (Lipinski definition) is 2. The van der Waals surface area contributed by atoms with Crippen LogP contribution in [-0.4, -0.2) is 47.1 Å². The number of nitrogens with zero attached hydrogens (tertiary/aromatic N) is 1. The van der Waals surface area contributed by atoms with Crippen molar-refractivity contribution in [2.75, 3.05) is 23.4 Å². The highest BCUT2D eigenvalue weighted by atomic mass is 35.5. The number of carbonyl (C=O) groups excluding carboxylic acids is 4. The van der Waals surface area contributed by atoms with Crippen LogP contribution in [0.1, 0.15) is 40.1 Å². The standard InChI is InChI=1S/C36H30ClN3O7S2/c1-2-46-35(44)18-3-11-21(12-4-18)40-33(42)28-23-15-24(29(28)34(40)43)30-27(23)26(31-32(48-30)39-36(45)49-31)17-5-13-22(14-6-17)47-16-25(41)38-20-9-7-19(37)8-10-20/h3-14,23-24,26-30H,2,15-16H2,1H3,(H,38,41)(H,39,45)/t23?,24?,26-,27?,28?,29?,30?/m1/s1. The lowest BCUT2D eigenvalue weighted by molar-refractivity contribution is -0.123. The Bertz CT molecular complexity index is 2030. The van der Waals surface area contributed by atoms with Gasteiger partial charge in [0.1, 0.15) is 5.75 Å². The molecule has 1 saturated heterocycles. The van der Waals surface area contributed by atoms with E-state index in [0.29, 0.717) is 27.7 Å². The molecule has 2 saturated carbocycles. The van der Waals surface area contributed by atoms with Crippen LogP contribution in [0.4, 0.5) is 11.4 Å². The summed E-state index contributed by atoms with van der Waals surface area (Å²) in [5, 5.41) is 4.22. The highest BCUT2D eigenvalue weighted by molar-refractivity contribution is 8.00. The number of imide groups is 1. The highest BCUT2D eigenvalue weighted by Gasteiger charge is 2.69. The van der Waals surface area contributed by atoms with E-state index >= 15 is 0 Å². The Hall–Kier alpha value is -4.39. The minimum atomic E-state index is -0.458. The third-order valence-corrected chi connectivity index (χ3v) is 12.9. The lowest BCUT2D eigenvalue weighted by atomic mass is 9.68. The molecule has 250 valence electrons. The van der Waals surface area contributed by atoms with Crippen LogP contribution in [0.5, 0.6) is 5.75 Å². The van der Waals surface area contributed by atoms with Gasteiger partial charge in [-0.3, -0.25) is 24.1 Å². The van der Waals surface area contributed by atoms with E-state index in [2.05, 4.69) is 10.3 Å². The van der Waals surface area contributed by atoms with Gasteiger partial charge in [0.25, 0.3) is 5.91 Å². The van der Waals surface area contributed by atoms with Crippen molar-refractivity contribution in [1.29, 1.82) is 0 Å². The molecule has 4 aliphatic rings. The molecule has 3 aromatic carbocycles. The number of anilines is 2. The zero-order valence-corrected chi connectivity index (χ0v) is 28.5. The molecule has 13 heteroatoms. The van der Waals surface area contributed by atoms with E-state index < -0.39 is 17.8 Å². The molecule has 8 rings (SSSR count). The lowest BCUT2D eigenvalue weighted by Crippen LogP contribution is -2.42. The Labute approximate surface area is 294 Å². The summed E-state index contributed by atoms with van der Waals surface area (Å²) in [5.74, 6) is -1.72. The van der Waals surface area contributed by atoms with E-state index in [1.165, 1.54) is 16.2 Å².